The van der Waals surface area contributed by atoms with Crippen LogP contribution in [0.1, 0.15) is 25.8 Å². The highest BCUT2D eigenvalue weighted by Crippen LogP contribution is 2.19. The van der Waals surface area contributed by atoms with Crippen molar-refractivity contribution in [2.24, 2.45) is 0 Å². The number of carbonyl (C=O) groups is 1. The van der Waals surface area contributed by atoms with Crippen LogP contribution >= 0.6 is 0 Å². The van der Waals surface area contributed by atoms with E-state index in [1.54, 1.807) is 18.2 Å². The molecule has 0 saturated heterocycles. The van der Waals surface area contributed by atoms with Gasteiger partial charge in [-0.25, -0.2) is 4.79 Å². The molecule has 3 aromatic rings. The molecule has 0 fully saturated rings. The number of para-hydroxylation sites is 3. The summed E-state index contributed by atoms with van der Waals surface area (Å²) in [4.78, 5) is 24.1. The number of amides is 1. The van der Waals surface area contributed by atoms with Crippen LogP contribution in [0.2, 0.25) is 0 Å². The molecule has 136 valence electrons. The number of aromatic nitrogens is 1. The van der Waals surface area contributed by atoms with Crippen molar-refractivity contribution < 1.29 is 13.9 Å². The molecule has 1 aromatic heterocycles. The fourth-order valence-electron chi connectivity index (χ4n) is 2.74. The molecule has 0 radical (unpaired) electrons. The molecule has 1 N–H and O–H groups in total. The minimum Gasteiger partial charge on any atom is -0.491 e. The minimum atomic E-state index is -0.449. The predicted octanol–water partition coefficient (Wildman–Crippen LogP) is 3.09. The number of hydrogen-bond donors (Lipinski definition) is 1. The Morgan fingerprint density at radius 2 is 1.88 bits per heavy atom. The zero-order valence-electron chi connectivity index (χ0n) is 14.9. The topological polar surface area (TPSA) is 73.5 Å². The Bertz CT molecular complexity index is 956. The fraction of sp³-hybridized carbons (Fsp3) is 0.300. The summed E-state index contributed by atoms with van der Waals surface area (Å²) in [6.45, 7) is 4.57. The van der Waals surface area contributed by atoms with Gasteiger partial charge in [-0.15, -0.1) is 0 Å². The third kappa shape index (κ3) is 4.14. The van der Waals surface area contributed by atoms with Gasteiger partial charge in [0.15, 0.2) is 5.58 Å². The molecule has 0 aliphatic heterocycles. The summed E-state index contributed by atoms with van der Waals surface area (Å²) >= 11 is 0. The summed E-state index contributed by atoms with van der Waals surface area (Å²) in [6.07, 6.45) is 0.254. The summed E-state index contributed by atoms with van der Waals surface area (Å²) in [7, 11) is 0. The fourth-order valence-corrected chi connectivity index (χ4v) is 2.74. The molecule has 6 nitrogen and oxygen atoms in total. The standard InChI is InChI=1S/C20H22N2O4/c1-14(2)25-17-9-5-3-7-15(17)13-21-19(23)11-12-22-16-8-4-6-10-18(16)26-20(22)24/h3-10,14H,11-13H2,1-2H3,(H,21,23). The second-order valence-corrected chi connectivity index (χ2v) is 6.29. The smallest absolute Gasteiger partial charge is 0.419 e. The lowest BCUT2D eigenvalue weighted by atomic mass is 10.2. The van der Waals surface area contributed by atoms with Gasteiger partial charge in [0, 0.05) is 25.1 Å². The van der Waals surface area contributed by atoms with Crippen molar-refractivity contribution >= 4 is 17.0 Å². The number of oxazole rings is 1. The lowest BCUT2D eigenvalue weighted by Crippen LogP contribution is -2.26. The molecule has 2 aromatic carbocycles. The van der Waals surface area contributed by atoms with Gasteiger partial charge in [0.05, 0.1) is 11.6 Å². The van der Waals surface area contributed by atoms with Crippen molar-refractivity contribution in [3.63, 3.8) is 0 Å². The average molecular weight is 354 g/mol. The molecule has 0 saturated carbocycles. The second-order valence-electron chi connectivity index (χ2n) is 6.29. The first-order valence-corrected chi connectivity index (χ1v) is 8.64. The maximum Gasteiger partial charge on any atom is 0.419 e. The Morgan fingerprint density at radius 3 is 2.69 bits per heavy atom. The van der Waals surface area contributed by atoms with Crippen molar-refractivity contribution in [3.05, 3.63) is 64.6 Å². The van der Waals surface area contributed by atoms with E-state index in [2.05, 4.69) is 5.32 Å². The molecule has 26 heavy (non-hydrogen) atoms. The number of nitrogens with one attached hydrogen (secondary N) is 1. The maximum atomic E-state index is 12.2. The Hall–Kier alpha value is -3.02. The van der Waals surface area contributed by atoms with Crippen LogP contribution in [0.5, 0.6) is 5.75 Å². The molecule has 1 amide bonds. The molecular weight excluding hydrogens is 332 g/mol. The van der Waals surface area contributed by atoms with Crippen LogP contribution in [0.15, 0.2) is 57.7 Å². The van der Waals surface area contributed by atoms with Crippen LogP contribution in [0.3, 0.4) is 0 Å². The van der Waals surface area contributed by atoms with Crippen molar-refractivity contribution in [1.82, 2.24) is 9.88 Å². The van der Waals surface area contributed by atoms with E-state index in [1.165, 1.54) is 4.57 Å². The van der Waals surface area contributed by atoms with Crippen molar-refractivity contribution in [2.45, 2.75) is 39.5 Å². The summed E-state index contributed by atoms with van der Waals surface area (Å²) in [5.74, 6) is 0.177. The number of fused-ring (bicyclic) bond motifs is 1. The van der Waals surface area contributed by atoms with Crippen LogP contribution < -0.4 is 15.8 Å². The zero-order chi connectivity index (χ0) is 18.5. The van der Waals surface area contributed by atoms with Gasteiger partial charge in [-0.05, 0) is 32.0 Å². The molecule has 0 spiro atoms. The van der Waals surface area contributed by atoms with Gasteiger partial charge in [0.1, 0.15) is 5.75 Å². The van der Waals surface area contributed by atoms with Gasteiger partial charge >= 0.3 is 5.76 Å². The number of aryl methyl sites for hydroxylation is 1. The van der Waals surface area contributed by atoms with E-state index in [0.29, 0.717) is 17.6 Å². The molecule has 0 atom stereocenters. The maximum absolute atomic E-state index is 12.2. The summed E-state index contributed by atoms with van der Waals surface area (Å²) in [5, 5.41) is 2.88. The number of rotatable bonds is 7. The SMILES string of the molecule is CC(C)Oc1ccccc1CNC(=O)CCn1c(=O)oc2ccccc21. The van der Waals surface area contributed by atoms with E-state index in [4.69, 9.17) is 9.15 Å². The summed E-state index contributed by atoms with van der Waals surface area (Å²) in [5.41, 5.74) is 2.14. The quantitative estimate of drug-likeness (QED) is 0.708. The van der Waals surface area contributed by atoms with E-state index in [9.17, 15) is 9.59 Å². The van der Waals surface area contributed by atoms with E-state index >= 15 is 0 Å². The molecular formula is C20H22N2O4. The Balaban J connectivity index is 1.60. The normalized spacial score (nSPS) is 11.0. The van der Waals surface area contributed by atoms with E-state index in [1.807, 2.05) is 44.2 Å². The molecule has 0 unspecified atom stereocenters. The lowest BCUT2D eigenvalue weighted by molar-refractivity contribution is -0.121. The van der Waals surface area contributed by atoms with Crippen LogP contribution in [0.4, 0.5) is 0 Å². The van der Waals surface area contributed by atoms with Gasteiger partial charge in [0.25, 0.3) is 0 Å². The molecule has 0 aliphatic rings. The highest BCUT2D eigenvalue weighted by atomic mass is 16.5. The first-order chi connectivity index (χ1) is 12.5. The minimum absolute atomic E-state index is 0.0631. The van der Waals surface area contributed by atoms with E-state index in [0.717, 1.165) is 11.3 Å². The second kappa shape index (κ2) is 7.91. The summed E-state index contributed by atoms with van der Waals surface area (Å²) in [6, 6.07) is 14.8. The first kappa shape index (κ1) is 17.8. The van der Waals surface area contributed by atoms with Crippen LogP contribution in [0.25, 0.3) is 11.1 Å². The van der Waals surface area contributed by atoms with Crippen molar-refractivity contribution in [1.29, 1.82) is 0 Å². The molecule has 1 heterocycles. The lowest BCUT2D eigenvalue weighted by Gasteiger charge is -2.14. The van der Waals surface area contributed by atoms with Crippen LogP contribution in [-0.2, 0) is 17.9 Å². The largest absolute Gasteiger partial charge is 0.491 e. The molecule has 3 rings (SSSR count). The zero-order valence-corrected chi connectivity index (χ0v) is 14.9. The van der Waals surface area contributed by atoms with Gasteiger partial charge in [-0.2, -0.15) is 0 Å². The first-order valence-electron chi connectivity index (χ1n) is 8.64. The van der Waals surface area contributed by atoms with Crippen LogP contribution in [-0.4, -0.2) is 16.6 Å². The number of benzene rings is 2. The molecule has 6 heteroatoms. The van der Waals surface area contributed by atoms with Gasteiger partial charge < -0.3 is 14.5 Å². The Kier molecular flexibility index (Phi) is 5.41. The Morgan fingerprint density at radius 1 is 1.15 bits per heavy atom. The highest BCUT2D eigenvalue weighted by Gasteiger charge is 2.11. The number of carbonyl (C=O) groups excluding carboxylic acids is 1. The van der Waals surface area contributed by atoms with Crippen molar-refractivity contribution in [2.75, 3.05) is 0 Å². The number of hydrogen-bond acceptors (Lipinski definition) is 4. The van der Waals surface area contributed by atoms with E-state index < -0.39 is 5.76 Å². The third-order valence-electron chi connectivity index (χ3n) is 3.95. The van der Waals surface area contributed by atoms with Gasteiger partial charge in [-0.3, -0.25) is 9.36 Å². The van der Waals surface area contributed by atoms with Crippen LogP contribution in [0, 0.1) is 0 Å². The summed E-state index contributed by atoms with van der Waals surface area (Å²) < 4.78 is 12.4. The monoisotopic (exact) mass is 354 g/mol. The highest BCUT2D eigenvalue weighted by molar-refractivity contribution is 5.76. The predicted molar refractivity (Wildman–Crippen MR) is 99.1 cm³/mol. The van der Waals surface area contributed by atoms with Gasteiger partial charge in [0.2, 0.25) is 5.91 Å². The van der Waals surface area contributed by atoms with E-state index in [-0.39, 0.29) is 25.0 Å². The molecule has 0 bridgehead atoms. The molecule has 0 aliphatic carbocycles. The van der Waals surface area contributed by atoms with Gasteiger partial charge in [-0.1, -0.05) is 30.3 Å². The number of nitrogens with zero attached hydrogens (tertiary/aromatic N) is 1. The third-order valence-corrected chi connectivity index (χ3v) is 3.95. The Labute approximate surface area is 151 Å². The van der Waals surface area contributed by atoms with Crippen molar-refractivity contribution in [3.8, 4) is 5.75 Å². The average Bonchev–Trinajstić information content (AvgIpc) is 2.94. The number of ether oxygens (including phenoxy) is 1.